The largest absolute Gasteiger partial charge is 0.336 e. The van der Waals surface area contributed by atoms with Crippen LogP contribution >= 0.6 is 11.6 Å². The molecule has 0 atom stereocenters. The lowest BCUT2D eigenvalue weighted by molar-refractivity contribution is -0.180. The summed E-state index contributed by atoms with van der Waals surface area (Å²) in [5.74, 6) is -1.39. The molecular weight excluding hydrogens is 338 g/mol. The number of anilines is 1. The van der Waals surface area contributed by atoms with E-state index in [9.17, 15) is 4.79 Å². The summed E-state index contributed by atoms with van der Waals surface area (Å²) >= 11 is 6.40. The standard InChI is InChI=1S/C20H28ClNO3/c1-2-3-4-5-6-7-8-9-13-22-18-16(11-10-12-17(18)21)20(19(22)23)24-14-15-25-20/h10-12H,2-9,13-15H2,1H3. The Morgan fingerprint density at radius 1 is 1.04 bits per heavy atom. The van der Waals surface area contributed by atoms with Gasteiger partial charge in [0.15, 0.2) is 0 Å². The summed E-state index contributed by atoms with van der Waals surface area (Å²) in [5, 5.41) is 0.585. The average molecular weight is 366 g/mol. The Kier molecular flexibility index (Phi) is 6.37. The predicted octanol–water partition coefficient (Wildman–Crippen LogP) is 5.03. The molecule has 0 N–H and O–H groups in total. The number of carbonyl (C=O) groups is 1. The van der Waals surface area contributed by atoms with Crippen LogP contribution in [0, 0.1) is 0 Å². The van der Waals surface area contributed by atoms with E-state index >= 15 is 0 Å². The number of hydrogen-bond donors (Lipinski definition) is 0. The normalized spacial score (nSPS) is 18.3. The van der Waals surface area contributed by atoms with E-state index in [-0.39, 0.29) is 5.91 Å². The number of ether oxygens (including phenoxy) is 2. The molecule has 0 unspecified atom stereocenters. The number of amides is 1. The lowest BCUT2D eigenvalue weighted by Gasteiger charge is -2.22. The third-order valence-electron chi connectivity index (χ3n) is 5.07. The Balaban J connectivity index is 1.58. The van der Waals surface area contributed by atoms with Crippen LogP contribution < -0.4 is 4.90 Å². The molecule has 0 aliphatic carbocycles. The summed E-state index contributed by atoms with van der Waals surface area (Å²) in [6.07, 6.45) is 9.87. The summed E-state index contributed by atoms with van der Waals surface area (Å²) in [7, 11) is 0. The monoisotopic (exact) mass is 365 g/mol. The van der Waals surface area contributed by atoms with E-state index in [1.165, 1.54) is 38.5 Å². The van der Waals surface area contributed by atoms with Gasteiger partial charge >= 0.3 is 0 Å². The lowest BCUT2D eigenvalue weighted by Crippen LogP contribution is -2.41. The molecule has 2 aliphatic rings. The zero-order valence-electron chi connectivity index (χ0n) is 15.1. The van der Waals surface area contributed by atoms with Crippen molar-refractivity contribution in [3.63, 3.8) is 0 Å². The maximum Gasteiger partial charge on any atom is 0.292 e. The molecule has 1 fully saturated rings. The van der Waals surface area contributed by atoms with Crippen LogP contribution in [0.25, 0.3) is 0 Å². The predicted molar refractivity (Wildman–Crippen MR) is 100.0 cm³/mol. The van der Waals surface area contributed by atoms with E-state index in [1.54, 1.807) is 4.90 Å². The molecule has 1 aromatic carbocycles. The molecule has 1 spiro atoms. The van der Waals surface area contributed by atoms with Gasteiger partial charge in [0.05, 0.1) is 23.9 Å². The summed E-state index contributed by atoms with van der Waals surface area (Å²) in [6.45, 7) is 3.77. The summed E-state index contributed by atoms with van der Waals surface area (Å²) in [6, 6.07) is 5.56. The first kappa shape index (κ1) is 18.7. The van der Waals surface area contributed by atoms with Crippen molar-refractivity contribution in [2.75, 3.05) is 24.7 Å². The Labute approximate surface area is 155 Å². The quantitative estimate of drug-likeness (QED) is 0.576. The number of fused-ring (bicyclic) bond motifs is 2. The summed E-state index contributed by atoms with van der Waals surface area (Å²) < 4.78 is 11.5. The van der Waals surface area contributed by atoms with Gasteiger partial charge in [0.25, 0.3) is 11.7 Å². The fourth-order valence-electron chi connectivity index (χ4n) is 3.76. The molecule has 4 nitrogen and oxygen atoms in total. The first-order valence-electron chi connectivity index (χ1n) is 9.59. The van der Waals surface area contributed by atoms with Crippen molar-refractivity contribution < 1.29 is 14.3 Å². The maximum absolute atomic E-state index is 13.0. The van der Waals surface area contributed by atoms with Crippen LogP contribution in [0.2, 0.25) is 5.02 Å². The number of nitrogens with zero attached hydrogens (tertiary/aromatic N) is 1. The van der Waals surface area contributed by atoms with Gasteiger partial charge in [-0.15, -0.1) is 0 Å². The molecule has 2 heterocycles. The number of halogens is 1. The number of carbonyl (C=O) groups excluding carboxylic acids is 1. The van der Waals surface area contributed by atoms with Crippen LogP contribution in [0.15, 0.2) is 18.2 Å². The fraction of sp³-hybridized carbons (Fsp3) is 0.650. The molecule has 0 aromatic heterocycles. The van der Waals surface area contributed by atoms with Crippen LogP contribution in [-0.2, 0) is 20.1 Å². The zero-order chi connectivity index (χ0) is 17.7. The molecule has 0 bridgehead atoms. The highest BCUT2D eigenvalue weighted by Gasteiger charge is 2.56. The maximum atomic E-state index is 13.0. The SMILES string of the molecule is CCCCCCCCCCN1C(=O)C2(OCCO2)c2cccc(Cl)c21. The van der Waals surface area contributed by atoms with Crippen molar-refractivity contribution >= 4 is 23.2 Å². The number of rotatable bonds is 9. The first-order chi connectivity index (χ1) is 12.2. The van der Waals surface area contributed by atoms with Crippen LogP contribution in [0.3, 0.4) is 0 Å². The molecule has 0 radical (unpaired) electrons. The van der Waals surface area contributed by atoms with Crippen molar-refractivity contribution in [1.29, 1.82) is 0 Å². The molecule has 0 saturated carbocycles. The van der Waals surface area contributed by atoms with E-state index < -0.39 is 5.79 Å². The minimum Gasteiger partial charge on any atom is -0.336 e. The number of hydrogen-bond acceptors (Lipinski definition) is 3. The topological polar surface area (TPSA) is 38.8 Å². The van der Waals surface area contributed by atoms with Gasteiger partial charge in [0.2, 0.25) is 0 Å². The highest BCUT2D eigenvalue weighted by molar-refractivity contribution is 6.35. The van der Waals surface area contributed by atoms with E-state index in [2.05, 4.69) is 6.92 Å². The van der Waals surface area contributed by atoms with Crippen molar-refractivity contribution in [3.8, 4) is 0 Å². The van der Waals surface area contributed by atoms with Crippen molar-refractivity contribution in [2.24, 2.45) is 0 Å². The summed E-state index contributed by atoms with van der Waals surface area (Å²) in [4.78, 5) is 14.8. The number of para-hydroxylation sites is 1. The van der Waals surface area contributed by atoms with Gasteiger partial charge in [-0.3, -0.25) is 4.79 Å². The molecule has 138 valence electrons. The molecule has 5 heteroatoms. The van der Waals surface area contributed by atoms with Crippen LogP contribution in [0.1, 0.15) is 63.9 Å². The second kappa shape index (κ2) is 8.52. The Morgan fingerprint density at radius 3 is 2.36 bits per heavy atom. The molecule has 2 aliphatic heterocycles. The van der Waals surface area contributed by atoms with Crippen LogP contribution in [0.5, 0.6) is 0 Å². The zero-order valence-corrected chi connectivity index (χ0v) is 15.8. The molecular formula is C20H28ClNO3. The van der Waals surface area contributed by atoms with E-state index in [0.29, 0.717) is 24.8 Å². The number of unbranched alkanes of at least 4 members (excludes halogenated alkanes) is 7. The third-order valence-corrected chi connectivity index (χ3v) is 5.37. The molecule has 1 aromatic rings. The first-order valence-corrected chi connectivity index (χ1v) is 9.97. The van der Waals surface area contributed by atoms with Crippen LogP contribution in [0.4, 0.5) is 5.69 Å². The van der Waals surface area contributed by atoms with Crippen molar-refractivity contribution in [3.05, 3.63) is 28.8 Å². The van der Waals surface area contributed by atoms with Crippen LogP contribution in [-0.4, -0.2) is 25.7 Å². The molecule has 1 saturated heterocycles. The average Bonchev–Trinajstić information content (AvgIpc) is 3.19. The minimum atomic E-state index is -1.26. The second-order valence-electron chi connectivity index (χ2n) is 6.88. The van der Waals surface area contributed by atoms with Gasteiger partial charge < -0.3 is 14.4 Å². The Morgan fingerprint density at radius 2 is 1.68 bits per heavy atom. The van der Waals surface area contributed by atoms with Crippen molar-refractivity contribution in [2.45, 2.75) is 64.1 Å². The second-order valence-corrected chi connectivity index (χ2v) is 7.29. The van der Waals surface area contributed by atoms with Crippen molar-refractivity contribution in [1.82, 2.24) is 0 Å². The van der Waals surface area contributed by atoms with E-state index in [4.69, 9.17) is 21.1 Å². The van der Waals surface area contributed by atoms with Gasteiger partial charge in [-0.2, -0.15) is 0 Å². The lowest BCUT2D eigenvalue weighted by atomic mass is 10.1. The molecule has 1 amide bonds. The van der Waals surface area contributed by atoms with E-state index in [0.717, 1.165) is 24.1 Å². The third kappa shape index (κ3) is 3.71. The van der Waals surface area contributed by atoms with Gasteiger partial charge in [-0.1, -0.05) is 75.6 Å². The smallest absolute Gasteiger partial charge is 0.292 e. The minimum absolute atomic E-state index is 0.129. The van der Waals surface area contributed by atoms with Gasteiger partial charge in [-0.05, 0) is 12.5 Å². The van der Waals surface area contributed by atoms with Gasteiger partial charge in [0.1, 0.15) is 0 Å². The summed E-state index contributed by atoms with van der Waals surface area (Å²) in [5.41, 5.74) is 1.51. The fourth-order valence-corrected chi connectivity index (χ4v) is 4.03. The van der Waals surface area contributed by atoms with E-state index in [1.807, 2.05) is 18.2 Å². The van der Waals surface area contributed by atoms with Gasteiger partial charge in [-0.25, -0.2) is 0 Å². The molecule has 3 rings (SSSR count). The Hall–Kier alpha value is -1.10. The molecule has 25 heavy (non-hydrogen) atoms. The number of benzene rings is 1. The van der Waals surface area contributed by atoms with Gasteiger partial charge in [0, 0.05) is 12.1 Å². The Bertz CT molecular complexity index is 599. The highest BCUT2D eigenvalue weighted by atomic mass is 35.5. The highest BCUT2D eigenvalue weighted by Crippen LogP contribution is 2.48.